The van der Waals surface area contributed by atoms with Gasteiger partial charge in [-0.25, -0.2) is 4.98 Å². The smallest absolute Gasteiger partial charge is 0.242 e. The summed E-state index contributed by atoms with van der Waals surface area (Å²) < 4.78 is 2.07. The molecule has 0 aliphatic carbocycles. The molecule has 1 aromatic rings. The maximum atomic E-state index is 12.8. The minimum Gasteiger partial charge on any atom is -0.338 e. The maximum Gasteiger partial charge on any atom is 0.242 e. The molecule has 1 atom stereocenters. The number of carbonyl (C=O) groups is 2. The second kappa shape index (κ2) is 8.31. The summed E-state index contributed by atoms with van der Waals surface area (Å²) in [5, 5.41) is 0. The third kappa shape index (κ3) is 4.36. The highest BCUT2D eigenvalue weighted by atomic mass is 16.2. The van der Waals surface area contributed by atoms with Gasteiger partial charge in [0.05, 0.1) is 12.9 Å². The topological polar surface area (TPSA) is 58.4 Å². The molecular weight excluding hydrogens is 304 g/mol. The van der Waals surface area contributed by atoms with Gasteiger partial charge in [-0.3, -0.25) is 9.59 Å². The minimum atomic E-state index is 0.126. The Labute approximate surface area is 143 Å². The summed E-state index contributed by atoms with van der Waals surface area (Å²) in [6.07, 6.45) is 13.5. The van der Waals surface area contributed by atoms with E-state index < -0.39 is 0 Å². The number of hydrogen-bond acceptors (Lipinski definition) is 3. The SMILES string of the molecule is O=C1CCCCCN1CC(=O)N1CCCC[C@H]1CCn1ccnc1. The van der Waals surface area contributed by atoms with E-state index in [0.29, 0.717) is 6.42 Å². The molecule has 3 rings (SSSR count). The Morgan fingerprint density at radius 2 is 2.04 bits per heavy atom. The Morgan fingerprint density at radius 3 is 2.88 bits per heavy atom. The van der Waals surface area contributed by atoms with Crippen molar-refractivity contribution >= 4 is 11.8 Å². The van der Waals surface area contributed by atoms with Gasteiger partial charge in [0.2, 0.25) is 11.8 Å². The lowest BCUT2D eigenvalue weighted by Crippen LogP contribution is -2.49. The number of amides is 2. The molecule has 2 amide bonds. The first-order valence-electron chi connectivity index (χ1n) is 9.27. The van der Waals surface area contributed by atoms with E-state index in [-0.39, 0.29) is 24.4 Å². The first kappa shape index (κ1) is 17.0. The third-order valence-corrected chi connectivity index (χ3v) is 5.22. The highest BCUT2D eigenvalue weighted by Crippen LogP contribution is 2.21. The van der Waals surface area contributed by atoms with Crippen LogP contribution in [0, 0.1) is 0 Å². The van der Waals surface area contributed by atoms with Crippen LogP contribution in [0.4, 0.5) is 0 Å². The van der Waals surface area contributed by atoms with Gasteiger partial charge in [0, 0.05) is 44.5 Å². The molecule has 132 valence electrons. The van der Waals surface area contributed by atoms with Crippen molar-refractivity contribution in [2.24, 2.45) is 0 Å². The number of likely N-dealkylation sites (tertiary alicyclic amines) is 2. The van der Waals surface area contributed by atoms with Crippen molar-refractivity contribution in [2.45, 2.75) is 64.0 Å². The number of nitrogens with zero attached hydrogens (tertiary/aromatic N) is 4. The van der Waals surface area contributed by atoms with Crippen LogP contribution in [-0.4, -0.2) is 56.8 Å². The van der Waals surface area contributed by atoms with Gasteiger partial charge in [-0.15, -0.1) is 0 Å². The molecule has 2 fully saturated rings. The molecule has 24 heavy (non-hydrogen) atoms. The Bertz CT molecular complexity index is 543. The van der Waals surface area contributed by atoms with Crippen molar-refractivity contribution in [2.75, 3.05) is 19.6 Å². The fourth-order valence-corrected chi connectivity index (χ4v) is 3.81. The Balaban J connectivity index is 1.57. The number of carbonyl (C=O) groups excluding carboxylic acids is 2. The standard InChI is InChI=1S/C18H28N4O2/c23-17-7-2-1-4-10-21(17)14-18(24)22-11-5-3-6-16(22)8-12-20-13-9-19-15-20/h9,13,15-16H,1-8,10-12,14H2/t16-/m0/s1. The van der Waals surface area contributed by atoms with Crippen LogP contribution in [0.2, 0.25) is 0 Å². The van der Waals surface area contributed by atoms with Crippen LogP contribution in [0.5, 0.6) is 0 Å². The molecular formula is C18H28N4O2. The third-order valence-electron chi connectivity index (χ3n) is 5.22. The van der Waals surface area contributed by atoms with Crippen molar-refractivity contribution < 1.29 is 9.59 Å². The highest BCUT2D eigenvalue weighted by molar-refractivity contribution is 5.85. The van der Waals surface area contributed by atoms with Gasteiger partial charge in [-0.1, -0.05) is 6.42 Å². The first-order valence-corrected chi connectivity index (χ1v) is 9.27. The van der Waals surface area contributed by atoms with E-state index in [1.54, 1.807) is 11.1 Å². The van der Waals surface area contributed by atoms with E-state index in [1.807, 2.05) is 17.4 Å². The Hall–Kier alpha value is -1.85. The van der Waals surface area contributed by atoms with E-state index in [2.05, 4.69) is 9.55 Å². The highest BCUT2D eigenvalue weighted by Gasteiger charge is 2.29. The van der Waals surface area contributed by atoms with E-state index in [4.69, 9.17) is 0 Å². The van der Waals surface area contributed by atoms with Gasteiger partial charge in [-0.2, -0.15) is 0 Å². The molecule has 2 aliphatic heterocycles. The van der Waals surface area contributed by atoms with Crippen molar-refractivity contribution in [3.63, 3.8) is 0 Å². The lowest BCUT2D eigenvalue weighted by atomic mass is 9.99. The first-order chi connectivity index (χ1) is 11.7. The van der Waals surface area contributed by atoms with Crippen molar-refractivity contribution in [1.29, 1.82) is 0 Å². The zero-order valence-electron chi connectivity index (χ0n) is 14.4. The number of rotatable bonds is 5. The van der Waals surface area contributed by atoms with E-state index >= 15 is 0 Å². The van der Waals surface area contributed by atoms with Crippen LogP contribution >= 0.6 is 0 Å². The molecule has 6 heteroatoms. The molecule has 2 saturated heterocycles. The summed E-state index contributed by atoms with van der Waals surface area (Å²) in [6.45, 7) is 2.71. The second-order valence-corrected chi connectivity index (χ2v) is 6.95. The molecule has 0 bridgehead atoms. The van der Waals surface area contributed by atoms with Crippen LogP contribution in [0.25, 0.3) is 0 Å². The van der Waals surface area contributed by atoms with Gasteiger partial charge >= 0.3 is 0 Å². The fraction of sp³-hybridized carbons (Fsp3) is 0.722. The van der Waals surface area contributed by atoms with Crippen LogP contribution in [0.15, 0.2) is 18.7 Å². The largest absolute Gasteiger partial charge is 0.338 e. The van der Waals surface area contributed by atoms with Gasteiger partial charge in [0.1, 0.15) is 0 Å². The lowest BCUT2D eigenvalue weighted by Gasteiger charge is -2.37. The van der Waals surface area contributed by atoms with Crippen LogP contribution in [0.1, 0.15) is 51.4 Å². The normalized spacial score (nSPS) is 22.5. The molecule has 1 aromatic heterocycles. The van der Waals surface area contributed by atoms with E-state index in [0.717, 1.165) is 58.2 Å². The predicted molar refractivity (Wildman–Crippen MR) is 91.2 cm³/mol. The van der Waals surface area contributed by atoms with Gasteiger partial charge in [-0.05, 0) is 38.5 Å². The summed E-state index contributed by atoms with van der Waals surface area (Å²) in [7, 11) is 0. The molecule has 0 aromatic carbocycles. The lowest BCUT2D eigenvalue weighted by molar-refractivity contribution is -0.142. The van der Waals surface area contributed by atoms with Crippen molar-refractivity contribution in [3.8, 4) is 0 Å². The van der Waals surface area contributed by atoms with Crippen LogP contribution in [-0.2, 0) is 16.1 Å². The number of aromatic nitrogens is 2. The Morgan fingerprint density at radius 1 is 1.17 bits per heavy atom. The summed E-state index contributed by atoms with van der Waals surface area (Å²) >= 11 is 0. The summed E-state index contributed by atoms with van der Waals surface area (Å²) in [6, 6.07) is 0.288. The van der Waals surface area contributed by atoms with Gasteiger partial charge < -0.3 is 14.4 Å². The number of aryl methyl sites for hydroxylation is 1. The number of piperidine rings is 1. The number of hydrogen-bond donors (Lipinski definition) is 0. The molecule has 2 aliphatic rings. The van der Waals surface area contributed by atoms with Gasteiger partial charge in [0.15, 0.2) is 0 Å². The van der Waals surface area contributed by atoms with Crippen LogP contribution in [0.3, 0.4) is 0 Å². The zero-order valence-corrected chi connectivity index (χ0v) is 14.4. The molecule has 0 saturated carbocycles. The quantitative estimate of drug-likeness (QED) is 0.829. The molecule has 0 spiro atoms. The average molecular weight is 332 g/mol. The second-order valence-electron chi connectivity index (χ2n) is 6.95. The summed E-state index contributed by atoms with van der Waals surface area (Å²) in [5.41, 5.74) is 0. The molecule has 3 heterocycles. The molecule has 0 N–H and O–H groups in total. The monoisotopic (exact) mass is 332 g/mol. The Kier molecular flexibility index (Phi) is 5.88. The molecule has 6 nitrogen and oxygen atoms in total. The number of imidazole rings is 1. The molecule has 0 unspecified atom stereocenters. The van der Waals surface area contributed by atoms with E-state index in [1.165, 1.54) is 6.42 Å². The summed E-state index contributed by atoms with van der Waals surface area (Å²) in [5.74, 6) is 0.272. The molecule has 0 radical (unpaired) electrons. The minimum absolute atomic E-state index is 0.126. The fourth-order valence-electron chi connectivity index (χ4n) is 3.81. The van der Waals surface area contributed by atoms with Crippen molar-refractivity contribution in [3.05, 3.63) is 18.7 Å². The van der Waals surface area contributed by atoms with Gasteiger partial charge in [0.25, 0.3) is 0 Å². The predicted octanol–water partition coefficient (Wildman–Crippen LogP) is 2.06. The van der Waals surface area contributed by atoms with Crippen molar-refractivity contribution in [1.82, 2.24) is 19.4 Å². The summed E-state index contributed by atoms with van der Waals surface area (Å²) in [4.78, 5) is 32.8. The van der Waals surface area contributed by atoms with E-state index in [9.17, 15) is 9.59 Å². The van der Waals surface area contributed by atoms with Crippen LogP contribution < -0.4 is 0 Å². The maximum absolute atomic E-state index is 12.8. The average Bonchev–Trinajstić information content (AvgIpc) is 3.04. The zero-order chi connectivity index (χ0) is 16.8.